The zero-order chi connectivity index (χ0) is 16.8. The molecule has 2 aromatic rings. The maximum Gasteiger partial charge on any atom is 0.246 e. The Morgan fingerprint density at radius 2 is 2.29 bits per heavy atom. The molecule has 1 atom stereocenters. The van der Waals surface area contributed by atoms with E-state index in [1.807, 2.05) is 0 Å². The Morgan fingerprint density at radius 3 is 3.08 bits per heavy atom. The van der Waals surface area contributed by atoms with Gasteiger partial charge in [-0.05, 0) is 31.1 Å². The first-order valence-corrected chi connectivity index (χ1v) is 7.78. The van der Waals surface area contributed by atoms with Crippen LogP contribution in [-0.4, -0.2) is 47.1 Å². The second kappa shape index (κ2) is 7.63. The van der Waals surface area contributed by atoms with Gasteiger partial charge in [0.25, 0.3) is 0 Å². The Balaban J connectivity index is 1.58. The van der Waals surface area contributed by atoms with Crippen molar-refractivity contribution in [2.24, 2.45) is 0 Å². The second-order valence-electron chi connectivity index (χ2n) is 5.41. The fraction of sp³-hybridized carbons (Fsp3) is 0.353. The molecular formula is C17H19N3O4. The molecule has 7 nitrogen and oxygen atoms in total. The van der Waals surface area contributed by atoms with Crippen LogP contribution in [-0.2, 0) is 4.79 Å². The van der Waals surface area contributed by atoms with Gasteiger partial charge in [0, 0.05) is 12.6 Å². The molecule has 1 fully saturated rings. The molecule has 0 radical (unpaired) electrons. The van der Waals surface area contributed by atoms with E-state index in [2.05, 4.69) is 9.97 Å². The minimum Gasteiger partial charge on any atom is -0.480 e. The number of nitrogens with zero attached hydrogens (tertiary/aromatic N) is 3. The van der Waals surface area contributed by atoms with E-state index in [0.29, 0.717) is 30.6 Å². The number of hydrogen-bond acceptors (Lipinski definition) is 6. The number of hydrogen-bond donors (Lipinski definition) is 0. The van der Waals surface area contributed by atoms with Crippen LogP contribution in [0.3, 0.4) is 0 Å². The molecule has 3 heterocycles. The van der Waals surface area contributed by atoms with Crippen LogP contribution >= 0.6 is 0 Å². The van der Waals surface area contributed by atoms with Crippen LogP contribution in [0, 0.1) is 0 Å². The molecule has 0 saturated carbocycles. The largest absolute Gasteiger partial charge is 0.480 e. The molecule has 126 valence electrons. The van der Waals surface area contributed by atoms with E-state index < -0.39 is 0 Å². The lowest BCUT2D eigenvalue weighted by Crippen LogP contribution is -2.43. The summed E-state index contributed by atoms with van der Waals surface area (Å²) in [6.45, 7) is 1.23. The molecule has 1 amide bonds. The van der Waals surface area contributed by atoms with Crippen LogP contribution in [0.1, 0.15) is 18.6 Å². The molecule has 1 unspecified atom stereocenters. The van der Waals surface area contributed by atoms with Crippen LogP contribution < -0.4 is 9.47 Å². The van der Waals surface area contributed by atoms with Crippen molar-refractivity contribution in [1.29, 1.82) is 0 Å². The van der Waals surface area contributed by atoms with E-state index in [1.54, 1.807) is 35.6 Å². The van der Waals surface area contributed by atoms with E-state index in [0.717, 1.165) is 12.8 Å². The summed E-state index contributed by atoms with van der Waals surface area (Å²) in [5.41, 5.74) is 0. The minimum absolute atomic E-state index is 0.0589. The molecular weight excluding hydrogens is 310 g/mol. The molecule has 2 aromatic heterocycles. The van der Waals surface area contributed by atoms with Crippen molar-refractivity contribution >= 4 is 12.0 Å². The molecule has 3 rings (SSSR count). The van der Waals surface area contributed by atoms with Crippen molar-refractivity contribution in [1.82, 2.24) is 14.9 Å². The SMILES string of the molecule is COc1cncc(OC2CCCN(C(=O)/C=C/c3ccco3)C2)n1. The molecule has 7 heteroatoms. The van der Waals surface area contributed by atoms with Gasteiger partial charge in [0.1, 0.15) is 11.9 Å². The molecule has 1 saturated heterocycles. The quantitative estimate of drug-likeness (QED) is 0.782. The predicted octanol–water partition coefficient (Wildman–Crippen LogP) is 2.16. The molecule has 0 N–H and O–H groups in total. The van der Waals surface area contributed by atoms with E-state index in [9.17, 15) is 4.79 Å². The number of aromatic nitrogens is 2. The van der Waals surface area contributed by atoms with Crippen molar-refractivity contribution in [2.45, 2.75) is 18.9 Å². The van der Waals surface area contributed by atoms with Crippen LogP contribution in [0.15, 0.2) is 41.3 Å². The van der Waals surface area contributed by atoms with Crippen LogP contribution in [0.2, 0.25) is 0 Å². The fourth-order valence-corrected chi connectivity index (χ4v) is 2.54. The number of piperidine rings is 1. The maximum absolute atomic E-state index is 12.3. The Kier molecular flexibility index (Phi) is 5.10. The zero-order valence-corrected chi connectivity index (χ0v) is 13.4. The van der Waals surface area contributed by atoms with Gasteiger partial charge in [0.2, 0.25) is 17.7 Å². The standard InChI is InChI=1S/C17H19N3O4/c1-22-15-10-18-11-16(19-15)24-14-4-2-8-20(12-14)17(21)7-6-13-5-3-9-23-13/h3,5-7,9-11,14H,2,4,8,12H2,1H3/b7-6+. The molecule has 0 aliphatic carbocycles. The lowest BCUT2D eigenvalue weighted by molar-refractivity contribution is -0.128. The zero-order valence-electron chi connectivity index (χ0n) is 13.4. The summed E-state index contributed by atoms with van der Waals surface area (Å²) in [5.74, 6) is 1.40. The van der Waals surface area contributed by atoms with Gasteiger partial charge in [0.15, 0.2) is 0 Å². The fourth-order valence-electron chi connectivity index (χ4n) is 2.54. The highest BCUT2D eigenvalue weighted by Crippen LogP contribution is 2.18. The van der Waals surface area contributed by atoms with Gasteiger partial charge in [-0.3, -0.25) is 9.78 Å². The Morgan fingerprint density at radius 1 is 1.42 bits per heavy atom. The predicted molar refractivity (Wildman–Crippen MR) is 86.6 cm³/mol. The Hall–Kier alpha value is -2.83. The van der Waals surface area contributed by atoms with Gasteiger partial charge in [-0.2, -0.15) is 4.98 Å². The number of ether oxygens (including phenoxy) is 2. The first-order valence-electron chi connectivity index (χ1n) is 7.78. The molecule has 1 aliphatic heterocycles. The lowest BCUT2D eigenvalue weighted by Gasteiger charge is -2.31. The monoisotopic (exact) mass is 329 g/mol. The van der Waals surface area contributed by atoms with Crippen LogP contribution in [0.4, 0.5) is 0 Å². The molecule has 0 spiro atoms. The summed E-state index contributed by atoms with van der Waals surface area (Å²) in [7, 11) is 1.53. The molecule has 24 heavy (non-hydrogen) atoms. The summed E-state index contributed by atoms with van der Waals surface area (Å²) >= 11 is 0. The third-order valence-electron chi connectivity index (χ3n) is 3.71. The summed E-state index contributed by atoms with van der Waals surface area (Å²) in [6, 6.07) is 3.58. The third-order valence-corrected chi connectivity index (χ3v) is 3.71. The summed E-state index contributed by atoms with van der Waals surface area (Å²) in [5, 5.41) is 0. The van der Waals surface area contributed by atoms with Gasteiger partial charge >= 0.3 is 0 Å². The van der Waals surface area contributed by atoms with Crippen LogP contribution in [0.5, 0.6) is 11.8 Å². The van der Waals surface area contributed by atoms with Crippen molar-refractivity contribution in [3.63, 3.8) is 0 Å². The summed E-state index contributed by atoms with van der Waals surface area (Å²) < 4.78 is 16.1. The normalized spacial score (nSPS) is 17.9. The third kappa shape index (κ3) is 4.13. The van der Waals surface area contributed by atoms with Crippen molar-refractivity contribution in [2.75, 3.05) is 20.2 Å². The molecule has 0 aromatic carbocycles. The highest BCUT2D eigenvalue weighted by atomic mass is 16.5. The second-order valence-corrected chi connectivity index (χ2v) is 5.41. The highest BCUT2D eigenvalue weighted by molar-refractivity contribution is 5.91. The first-order chi connectivity index (χ1) is 11.7. The number of furan rings is 1. The number of carbonyl (C=O) groups is 1. The average molecular weight is 329 g/mol. The van der Waals surface area contributed by atoms with Crippen LogP contribution in [0.25, 0.3) is 6.08 Å². The van der Waals surface area contributed by atoms with Gasteiger partial charge < -0.3 is 18.8 Å². The first kappa shape index (κ1) is 16.0. The van der Waals surface area contributed by atoms with Gasteiger partial charge in [-0.25, -0.2) is 0 Å². The number of rotatable bonds is 5. The minimum atomic E-state index is -0.110. The Labute approximate surface area is 139 Å². The van der Waals surface area contributed by atoms with Gasteiger partial charge in [-0.1, -0.05) is 0 Å². The van der Waals surface area contributed by atoms with E-state index in [4.69, 9.17) is 13.9 Å². The molecule has 0 bridgehead atoms. The van der Waals surface area contributed by atoms with Gasteiger partial charge in [-0.15, -0.1) is 0 Å². The topological polar surface area (TPSA) is 77.7 Å². The maximum atomic E-state index is 12.3. The van der Waals surface area contributed by atoms with Crippen molar-refractivity contribution < 1.29 is 18.7 Å². The van der Waals surface area contributed by atoms with E-state index >= 15 is 0 Å². The molecule has 1 aliphatic rings. The number of methoxy groups -OCH3 is 1. The average Bonchev–Trinajstić information content (AvgIpc) is 3.13. The Bertz CT molecular complexity index is 700. The number of likely N-dealkylation sites (tertiary alicyclic amines) is 1. The summed E-state index contributed by atoms with van der Waals surface area (Å²) in [6.07, 6.45) is 9.45. The smallest absolute Gasteiger partial charge is 0.246 e. The van der Waals surface area contributed by atoms with E-state index in [1.165, 1.54) is 19.4 Å². The summed E-state index contributed by atoms with van der Waals surface area (Å²) in [4.78, 5) is 22.3. The number of amides is 1. The van der Waals surface area contributed by atoms with Gasteiger partial charge in [0.05, 0.1) is 32.3 Å². The lowest BCUT2D eigenvalue weighted by atomic mass is 10.1. The highest BCUT2D eigenvalue weighted by Gasteiger charge is 2.24. The van der Waals surface area contributed by atoms with Crippen molar-refractivity contribution in [3.8, 4) is 11.8 Å². The van der Waals surface area contributed by atoms with E-state index in [-0.39, 0.29) is 12.0 Å². The number of carbonyl (C=O) groups excluding carboxylic acids is 1. The van der Waals surface area contributed by atoms with Crippen molar-refractivity contribution in [3.05, 3.63) is 42.6 Å².